The molecule has 0 saturated heterocycles. The number of ether oxygens (including phenoxy) is 1. The molecule has 6 heteroatoms. The van der Waals surface area contributed by atoms with Gasteiger partial charge in [-0.25, -0.2) is 0 Å². The second-order valence-electron chi connectivity index (χ2n) is 19.4. The molecule has 1 aromatic heterocycles. The lowest BCUT2D eigenvalue weighted by molar-refractivity contribution is 0.483. The average molecular weight is 847 g/mol. The van der Waals surface area contributed by atoms with E-state index in [2.05, 4.69) is 227 Å². The van der Waals surface area contributed by atoms with E-state index in [1.807, 2.05) is 11.8 Å². The maximum Gasteiger partial charge on any atom is 0.256 e. The quantitative estimate of drug-likeness (QED) is 0.165. The number of hydrogen-bond acceptors (Lipinski definition) is 5. The fourth-order valence-corrected chi connectivity index (χ4v) is 11.0. The first-order valence-corrected chi connectivity index (χ1v) is 23.1. The first-order chi connectivity index (χ1) is 31.0. The largest absolute Gasteiger partial charge is 0.458 e. The molecule has 0 aliphatic carbocycles. The molecule has 3 aliphatic rings. The monoisotopic (exact) mass is 846 g/mol. The number of fused-ring (bicyclic) bond motifs is 7. The molecule has 0 fully saturated rings. The molecule has 12 rings (SSSR count). The van der Waals surface area contributed by atoms with Gasteiger partial charge < -0.3 is 19.0 Å². The van der Waals surface area contributed by atoms with Gasteiger partial charge in [0, 0.05) is 60.5 Å². The highest BCUT2D eigenvalue weighted by Crippen LogP contribution is 2.53. The Bertz CT molecular complexity index is 3260. The van der Waals surface area contributed by atoms with Gasteiger partial charge in [0.25, 0.3) is 6.71 Å². The van der Waals surface area contributed by atoms with Crippen LogP contribution in [0.4, 0.5) is 34.1 Å². The maximum absolute atomic E-state index is 7.30. The third-order valence-corrected chi connectivity index (χ3v) is 14.3. The first-order valence-electron chi connectivity index (χ1n) is 22.3. The normalized spacial score (nSPS) is 13.8. The highest BCUT2D eigenvalue weighted by Gasteiger charge is 2.44. The van der Waals surface area contributed by atoms with Crippen molar-refractivity contribution in [3.63, 3.8) is 0 Å². The number of furan rings is 1. The molecular weight excluding hydrogens is 800 g/mol. The summed E-state index contributed by atoms with van der Waals surface area (Å²) in [5, 5.41) is 2.17. The van der Waals surface area contributed by atoms with Crippen molar-refractivity contribution in [3.05, 3.63) is 187 Å². The van der Waals surface area contributed by atoms with Crippen LogP contribution in [0.5, 0.6) is 11.5 Å². The van der Waals surface area contributed by atoms with Gasteiger partial charge in [-0.2, -0.15) is 0 Å². The molecular formula is C58H47BN2O2S. The maximum atomic E-state index is 7.30. The molecule has 3 aliphatic heterocycles. The van der Waals surface area contributed by atoms with Crippen molar-refractivity contribution in [2.45, 2.75) is 62.2 Å². The summed E-state index contributed by atoms with van der Waals surface area (Å²) in [6, 6.07) is 64.1. The van der Waals surface area contributed by atoms with Crippen LogP contribution in [0.25, 0.3) is 33.4 Å². The van der Waals surface area contributed by atoms with Crippen LogP contribution in [-0.4, -0.2) is 6.71 Å². The van der Waals surface area contributed by atoms with Gasteiger partial charge in [0.1, 0.15) is 23.0 Å². The Balaban J connectivity index is 1.14. The third kappa shape index (κ3) is 6.14. The predicted molar refractivity (Wildman–Crippen MR) is 269 cm³/mol. The van der Waals surface area contributed by atoms with Crippen molar-refractivity contribution in [2.24, 2.45) is 0 Å². The van der Waals surface area contributed by atoms with E-state index in [-0.39, 0.29) is 17.5 Å². The van der Waals surface area contributed by atoms with Crippen LogP contribution in [0.15, 0.2) is 190 Å². The molecule has 0 saturated carbocycles. The van der Waals surface area contributed by atoms with Crippen molar-refractivity contribution in [1.29, 1.82) is 0 Å². The van der Waals surface area contributed by atoms with Crippen molar-refractivity contribution in [2.75, 3.05) is 9.80 Å². The van der Waals surface area contributed by atoms with E-state index in [1.54, 1.807) is 0 Å². The van der Waals surface area contributed by atoms with Crippen molar-refractivity contribution in [3.8, 4) is 34.1 Å². The van der Waals surface area contributed by atoms with E-state index < -0.39 is 0 Å². The van der Waals surface area contributed by atoms with Crippen LogP contribution < -0.4 is 30.9 Å². The van der Waals surface area contributed by atoms with Gasteiger partial charge in [-0.3, -0.25) is 0 Å². The fourth-order valence-electron chi connectivity index (χ4n) is 9.92. The average Bonchev–Trinajstić information content (AvgIpc) is 3.68. The number of nitrogens with zero attached hydrogens (tertiary/aromatic N) is 2. The van der Waals surface area contributed by atoms with E-state index in [4.69, 9.17) is 9.15 Å². The van der Waals surface area contributed by atoms with Gasteiger partial charge >= 0.3 is 0 Å². The van der Waals surface area contributed by atoms with E-state index in [1.165, 1.54) is 43.2 Å². The minimum absolute atomic E-state index is 0.0176. The zero-order valence-corrected chi connectivity index (χ0v) is 37.8. The van der Waals surface area contributed by atoms with Crippen LogP contribution in [0, 0.1) is 0 Å². The summed E-state index contributed by atoms with van der Waals surface area (Å²) in [4.78, 5) is 7.34. The van der Waals surface area contributed by atoms with Gasteiger partial charge in [0.05, 0.1) is 11.4 Å². The fraction of sp³-hybridized carbons (Fsp3) is 0.138. The van der Waals surface area contributed by atoms with E-state index >= 15 is 0 Å². The summed E-state index contributed by atoms with van der Waals surface area (Å²) in [6.07, 6.45) is 0. The predicted octanol–water partition coefficient (Wildman–Crippen LogP) is 14.7. The Morgan fingerprint density at radius 2 is 0.984 bits per heavy atom. The number of anilines is 6. The lowest BCUT2D eigenvalue weighted by Crippen LogP contribution is -2.59. The Labute approximate surface area is 380 Å². The SMILES string of the molecule is CC(C)(C)c1ccc(N2c3cc4c(-c5ccccc5)oc(-c5ccccc5)c4cc3B3c4ccc(N5c6ccccc6Sc6ccccc65)cc4Oc4cc(C(C)(C)C)cc2c43)cc1. The summed E-state index contributed by atoms with van der Waals surface area (Å²) in [5.41, 5.74) is 14.8. The molecule has 0 unspecified atom stereocenters. The van der Waals surface area contributed by atoms with Crippen LogP contribution >= 0.6 is 11.8 Å². The van der Waals surface area contributed by atoms with E-state index in [0.717, 1.165) is 73.1 Å². The number of benzene rings is 8. The summed E-state index contributed by atoms with van der Waals surface area (Å²) < 4.78 is 14.4. The van der Waals surface area contributed by atoms with Crippen molar-refractivity contribution < 1.29 is 9.15 Å². The van der Waals surface area contributed by atoms with Crippen molar-refractivity contribution >= 4 is 79.8 Å². The number of para-hydroxylation sites is 2. The summed E-state index contributed by atoms with van der Waals surface area (Å²) in [7, 11) is 0. The zero-order chi connectivity index (χ0) is 43.5. The Kier molecular flexibility index (Phi) is 8.67. The molecule has 64 heavy (non-hydrogen) atoms. The number of rotatable bonds is 4. The van der Waals surface area contributed by atoms with Crippen LogP contribution in [0.1, 0.15) is 52.7 Å². The molecule has 9 aromatic rings. The number of hydrogen-bond donors (Lipinski definition) is 0. The van der Waals surface area contributed by atoms with E-state index in [0.29, 0.717) is 0 Å². The lowest BCUT2D eigenvalue weighted by Gasteiger charge is -2.41. The van der Waals surface area contributed by atoms with Gasteiger partial charge in [-0.05, 0) is 99.0 Å². The lowest BCUT2D eigenvalue weighted by atomic mass is 9.34. The molecule has 310 valence electrons. The standard InChI is InChI=1S/C58H47BN2O2S/c1-57(2,3)38-25-27-40(28-26-38)60-48-35-43-42(55(36-17-9-7-10-18-36)63-56(43)37-19-11-8-12-20-37)34-45(48)59-44-30-29-41(33-50(44)62-51-32-39(58(4,5)6)31-49(60)54(51)59)61-46-21-13-15-23-52(46)64-53-24-16-14-22-47(53)61/h7-35H,1-6H3. The highest BCUT2D eigenvalue weighted by atomic mass is 32.2. The summed E-state index contributed by atoms with van der Waals surface area (Å²) >= 11 is 1.83. The summed E-state index contributed by atoms with van der Waals surface area (Å²) in [5.74, 6) is 3.51. The molecule has 0 atom stereocenters. The third-order valence-electron chi connectivity index (χ3n) is 13.2. The minimum atomic E-state index is -0.146. The van der Waals surface area contributed by atoms with Crippen molar-refractivity contribution in [1.82, 2.24) is 0 Å². The molecule has 8 aromatic carbocycles. The topological polar surface area (TPSA) is 28.9 Å². The van der Waals surface area contributed by atoms with Crippen LogP contribution in [0.2, 0.25) is 0 Å². The second kappa shape index (κ2) is 14.3. The Morgan fingerprint density at radius 1 is 0.438 bits per heavy atom. The van der Waals surface area contributed by atoms with Gasteiger partial charge in [-0.15, -0.1) is 0 Å². The smallest absolute Gasteiger partial charge is 0.256 e. The second-order valence-corrected chi connectivity index (χ2v) is 20.5. The Morgan fingerprint density at radius 3 is 1.59 bits per heavy atom. The molecule has 0 radical (unpaired) electrons. The molecule has 0 amide bonds. The molecule has 0 N–H and O–H groups in total. The minimum Gasteiger partial charge on any atom is -0.458 e. The first kappa shape index (κ1) is 38.8. The molecule has 4 heterocycles. The molecule has 4 nitrogen and oxygen atoms in total. The van der Waals surface area contributed by atoms with Gasteiger partial charge in [0.2, 0.25) is 0 Å². The summed E-state index contributed by atoms with van der Waals surface area (Å²) in [6.45, 7) is 13.6. The van der Waals surface area contributed by atoms with Gasteiger partial charge in [-0.1, -0.05) is 162 Å². The van der Waals surface area contributed by atoms with E-state index in [9.17, 15) is 0 Å². The highest BCUT2D eigenvalue weighted by molar-refractivity contribution is 7.99. The van der Waals surface area contributed by atoms with Crippen LogP contribution in [0.3, 0.4) is 0 Å². The molecule has 0 bridgehead atoms. The Hall–Kier alpha value is -6.89. The van der Waals surface area contributed by atoms with Crippen LogP contribution in [-0.2, 0) is 10.8 Å². The van der Waals surface area contributed by atoms with Gasteiger partial charge in [0.15, 0.2) is 0 Å². The zero-order valence-electron chi connectivity index (χ0n) is 36.9. The molecule has 0 spiro atoms.